The van der Waals surface area contributed by atoms with E-state index in [0.29, 0.717) is 0 Å². The first-order chi connectivity index (χ1) is 5.90. The fourth-order valence-electron chi connectivity index (χ4n) is 1.33. The molecule has 1 N–H and O–H groups in total. The summed E-state index contributed by atoms with van der Waals surface area (Å²) in [6.07, 6.45) is 2.37. The van der Waals surface area contributed by atoms with Gasteiger partial charge in [0.1, 0.15) is 5.75 Å². The van der Waals surface area contributed by atoms with Crippen LogP contribution in [0.15, 0.2) is 23.4 Å². The van der Waals surface area contributed by atoms with E-state index < -0.39 is 0 Å². The van der Waals surface area contributed by atoms with Crippen LogP contribution in [0, 0.1) is 0 Å². The van der Waals surface area contributed by atoms with Crippen LogP contribution in [0.25, 0.3) is 0 Å². The van der Waals surface area contributed by atoms with Crippen molar-refractivity contribution < 1.29 is 9.94 Å². The van der Waals surface area contributed by atoms with E-state index in [9.17, 15) is 0 Å². The first-order valence-corrected chi connectivity index (χ1v) is 3.83. The number of oxime groups is 1. The molecule has 0 atom stereocenters. The van der Waals surface area contributed by atoms with Crippen molar-refractivity contribution in [1.82, 2.24) is 0 Å². The predicted molar refractivity (Wildman–Crippen MR) is 45.0 cm³/mol. The zero-order valence-corrected chi connectivity index (χ0v) is 6.53. The van der Waals surface area contributed by atoms with Crippen molar-refractivity contribution in [2.75, 3.05) is 6.61 Å². The van der Waals surface area contributed by atoms with Crippen LogP contribution in [-0.2, 0) is 6.42 Å². The average molecular weight is 163 g/mol. The SMILES string of the molecule is O/N=C/c1ccc2c(c1)OCC2. The molecule has 1 aliphatic rings. The lowest BCUT2D eigenvalue weighted by molar-refractivity contribution is 0.322. The molecule has 0 unspecified atom stereocenters. The van der Waals surface area contributed by atoms with Gasteiger partial charge in [-0.15, -0.1) is 0 Å². The summed E-state index contributed by atoms with van der Waals surface area (Å²) < 4.78 is 5.34. The molecule has 0 aromatic heterocycles. The van der Waals surface area contributed by atoms with Crippen LogP contribution >= 0.6 is 0 Å². The molecule has 62 valence electrons. The zero-order valence-electron chi connectivity index (χ0n) is 6.53. The molecule has 0 spiro atoms. The van der Waals surface area contributed by atoms with E-state index in [1.54, 1.807) is 0 Å². The van der Waals surface area contributed by atoms with Crippen LogP contribution in [-0.4, -0.2) is 18.0 Å². The minimum absolute atomic E-state index is 0.759. The second-order valence-electron chi connectivity index (χ2n) is 2.71. The van der Waals surface area contributed by atoms with Crippen LogP contribution in [0.2, 0.25) is 0 Å². The lowest BCUT2D eigenvalue weighted by atomic mass is 10.1. The van der Waals surface area contributed by atoms with Gasteiger partial charge in [-0.2, -0.15) is 0 Å². The van der Waals surface area contributed by atoms with E-state index >= 15 is 0 Å². The first-order valence-electron chi connectivity index (χ1n) is 3.83. The highest BCUT2D eigenvalue weighted by Crippen LogP contribution is 2.25. The Balaban J connectivity index is 2.38. The van der Waals surface area contributed by atoms with Gasteiger partial charge in [0.15, 0.2) is 0 Å². The summed E-state index contributed by atoms with van der Waals surface area (Å²) in [5, 5.41) is 11.2. The van der Waals surface area contributed by atoms with E-state index in [-0.39, 0.29) is 0 Å². The highest BCUT2D eigenvalue weighted by atomic mass is 16.5. The maximum atomic E-state index is 8.30. The topological polar surface area (TPSA) is 41.8 Å². The van der Waals surface area contributed by atoms with Gasteiger partial charge >= 0.3 is 0 Å². The maximum Gasteiger partial charge on any atom is 0.123 e. The molecule has 0 saturated carbocycles. The Morgan fingerprint density at radius 1 is 1.50 bits per heavy atom. The van der Waals surface area contributed by atoms with Crippen LogP contribution in [0.4, 0.5) is 0 Å². The molecule has 3 heteroatoms. The lowest BCUT2D eigenvalue weighted by Gasteiger charge is -1.98. The lowest BCUT2D eigenvalue weighted by Crippen LogP contribution is -1.86. The third kappa shape index (κ3) is 1.13. The fraction of sp³-hybridized carbons (Fsp3) is 0.222. The van der Waals surface area contributed by atoms with Crippen molar-refractivity contribution in [3.05, 3.63) is 29.3 Å². The quantitative estimate of drug-likeness (QED) is 0.386. The summed E-state index contributed by atoms with van der Waals surface area (Å²) >= 11 is 0. The van der Waals surface area contributed by atoms with Gasteiger partial charge in [-0.3, -0.25) is 0 Å². The molecule has 12 heavy (non-hydrogen) atoms. The van der Waals surface area contributed by atoms with Gasteiger partial charge in [0, 0.05) is 6.42 Å². The summed E-state index contributed by atoms with van der Waals surface area (Å²) in [4.78, 5) is 0. The van der Waals surface area contributed by atoms with Crippen molar-refractivity contribution in [3.63, 3.8) is 0 Å². The number of rotatable bonds is 1. The molecule has 2 rings (SSSR count). The van der Waals surface area contributed by atoms with E-state index in [0.717, 1.165) is 24.3 Å². The van der Waals surface area contributed by atoms with Crippen LogP contribution in [0.5, 0.6) is 5.75 Å². The van der Waals surface area contributed by atoms with Crippen LogP contribution < -0.4 is 4.74 Å². The molecule has 0 amide bonds. The smallest absolute Gasteiger partial charge is 0.123 e. The van der Waals surface area contributed by atoms with E-state index in [1.807, 2.05) is 18.2 Å². The van der Waals surface area contributed by atoms with Gasteiger partial charge in [-0.05, 0) is 17.2 Å². The van der Waals surface area contributed by atoms with Gasteiger partial charge in [0.05, 0.1) is 12.8 Å². The Bertz CT molecular complexity index is 320. The normalized spacial score (nSPS) is 14.7. The molecule has 0 radical (unpaired) electrons. The third-order valence-corrected chi connectivity index (χ3v) is 1.93. The average Bonchev–Trinajstić information content (AvgIpc) is 2.51. The largest absolute Gasteiger partial charge is 0.493 e. The number of ether oxygens (including phenoxy) is 1. The predicted octanol–water partition coefficient (Wildman–Crippen LogP) is 1.43. The number of hydrogen-bond acceptors (Lipinski definition) is 3. The highest BCUT2D eigenvalue weighted by molar-refractivity contribution is 5.80. The Morgan fingerprint density at radius 2 is 2.42 bits per heavy atom. The molecule has 1 heterocycles. The van der Waals surface area contributed by atoms with Gasteiger partial charge in [0.2, 0.25) is 0 Å². The number of fused-ring (bicyclic) bond motifs is 1. The minimum Gasteiger partial charge on any atom is -0.493 e. The van der Waals surface area contributed by atoms with Gasteiger partial charge in [-0.25, -0.2) is 0 Å². The van der Waals surface area contributed by atoms with Crippen LogP contribution in [0.3, 0.4) is 0 Å². The van der Waals surface area contributed by atoms with Crippen LogP contribution in [0.1, 0.15) is 11.1 Å². The fourth-order valence-corrected chi connectivity index (χ4v) is 1.33. The maximum absolute atomic E-state index is 8.30. The molecular formula is C9H9NO2. The Morgan fingerprint density at radius 3 is 3.25 bits per heavy atom. The molecule has 0 fully saturated rings. The van der Waals surface area contributed by atoms with Crippen molar-refractivity contribution in [3.8, 4) is 5.75 Å². The van der Waals surface area contributed by atoms with E-state index in [2.05, 4.69) is 5.16 Å². The van der Waals surface area contributed by atoms with E-state index in [1.165, 1.54) is 11.8 Å². The van der Waals surface area contributed by atoms with Gasteiger partial charge < -0.3 is 9.94 Å². The highest BCUT2D eigenvalue weighted by Gasteiger charge is 2.10. The second-order valence-corrected chi connectivity index (χ2v) is 2.71. The molecule has 0 saturated heterocycles. The molecule has 3 nitrogen and oxygen atoms in total. The third-order valence-electron chi connectivity index (χ3n) is 1.93. The Hall–Kier alpha value is -1.51. The summed E-state index contributed by atoms with van der Waals surface area (Å²) in [5.41, 5.74) is 2.09. The van der Waals surface area contributed by atoms with Gasteiger partial charge in [0.25, 0.3) is 0 Å². The second kappa shape index (κ2) is 2.85. The molecule has 0 bridgehead atoms. The van der Waals surface area contributed by atoms with E-state index in [4.69, 9.17) is 9.94 Å². The summed E-state index contributed by atoms with van der Waals surface area (Å²) in [6, 6.07) is 5.79. The minimum atomic E-state index is 0.759. The van der Waals surface area contributed by atoms with Gasteiger partial charge in [-0.1, -0.05) is 17.3 Å². The summed E-state index contributed by atoms with van der Waals surface area (Å²) in [7, 11) is 0. The molecule has 1 aliphatic heterocycles. The molecule has 1 aromatic rings. The van der Waals surface area contributed by atoms with Crippen molar-refractivity contribution in [2.24, 2.45) is 5.16 Å². The van der Waals surface area contributed by atoms with Crippen molar-refractivity contribution >= 4 is 6.21 Å². The Kier molecular flexibility index (Phi) is 1.70. The monoisotopic (exact) mass is 163 g/mol. The molecule has 1 aromatic carbocycles. The summed E-state index contributed by atoms with van der Waals surface area (Å²) in [5.74, 6) is 0.910. The number of nitrogens with zero attached hydrogens (tertiary/aromatic N) is 1. The Labute approximate surface area is 70.3 Å². The van der Waals surface area contributed by atoms with Crippen molar-refractivity contribution in [2.45, 2.75) is 6.42 Å². The zero-order chi connectivity index (χ0) is 8.39. The first kappa shape index (κ1) is 7.16. The summed E-state index contributed by atoms with van der Waals surface area (Å²) in [6.45, 7) is 0.759. The standard InChI is InChI=1S/C9H9NO2/c11-10-6-7-1-2-8-3-4-12-9(8)5-7/h1-2,5-6,11H,3-4H2/b10-6+. The molecule has 0 aliphatic carbocycles. The molecular weight excluding hydrogens is 154 g/mol. The van der Waals surface area contributed by atoms with Crippen molar-refractivity contribution in [1.29, 1.82) is 0 Å². The number of benzene rings is 1. The number of hydrogen-bond donors (Lipinski definition) is 1.